The number of sulfonamides is 1. The summed E-state index contributed by atoms with van der Waals surface area (Å²) in [6.07, 6.45) is 0.335. The van der Waals surface area contributed by atoms with E-state index >= 15 is 0 Å². The van der Waals surface area contributed by atoms with Crippen LogP contribution in [0.15, 0.2) is 53.4 Å². The summed E-state index contributed by atoms with van der Waals surface area (Å²) in [6.45, 7) is 0. The highest BCUT2D eigenvalue weighted by atomic mass is 35.5. The molecule has 0 saturated carbocycles. The summed E-state index contributed by atoms with van der Waals surface area (Å²) in [5, 5.41) is 4.05. The van der Waals surface area contributed by atoms with E-state index in [9.17, 15) is 22.8 Å². The molecule has 0 spiro atoms. The van der Waals surface area contributed by atoms with Gasteiger partial charge in [-0.05, 0) is 30.6 Å². The lowest BCUT2D eigenvalue weighted by Crippen LogP contribution is -2.45. The van der Waals surface area contributed by atoms with Gasteiger partial charge < -0.3 is 10.1 Å². The number of hydrogen-bond acceptors (Lipinski definition) is 7. The highest BCUT2D eigenvalue weighted by Gasteiger charge is 2.33. The van der Waals surface area contributed by atoms with Gasteiger partial charge in [0.2, 0.25) is 16.1 Å². The number of halogens is 2. The molecule has 2 rings (SSSR count). The molecule has 34 heavy (non-hydrogen) atoms. The molecule has 0 unspecified atom stereocenters. The van der Waals surface area contributed by atoms with Gasteiger partial charge in [0.05, 0.1) is 10.0 Å². The van der Waals surface area contributed by atoms with Crippen LogP contribution < -0.4 is 15.4 Å². The monoisotopic (exact) mass is 547 g/mol. The molecule has 2 aromatic carbocycles. The minimum absolute atomic E-state index is 0.0554. The van der Waals surface area contributed by atoms with Crippen molar-refractivity contribution >= 4 is 62.9 Å². The minimum atomic E-state index is -4.33. The van der Waals surface area contributed by atoms with Crippen LogP contribution in [0, 0.1) is 0 Å². The molecule has 0 bridgehead atoms. The Morgan fingerprint density at radius 2 is 1.65 bits per heavy atom. The average molecular weight is 548 g/mol. The molecule has 3 N–H and O–H groups in total. The van der Waals surface area contributed by atoms with Gasteiger partial charge in [-0.15, -0.1) is 0 Å². The zero-order chi connectivity index (χ0) is 25.3. The van der Waals surface area contributed by atoms with Gasteiger partial charge >= 0.3 is 12.0 Å². The first-order valence-corrected chi connectivity index (χ1v) is 13.5. The van der Waals surface area contributed by atoms with Crippen LogP contribution in [0.5, 0.6) is 0 Å². The number of rotatable bonds is 10. The Labute approximate surface area is 212 Å². The van der Waals surface area contributed by atoms with E-state index in [0.717, 1.165) is 0 Å². The molecule has 0 aliphatic heterocycles. The summed E-state index contributed by atoms with van der Waals surface area (Å²) in [6, 6.07) is 10.0. The zero-order valence-electron chi connectivity index (χ0n) is 18.2. The number of thioether (sulfide) groups is 1. The summed E-state index contributed by atoms with van der Waals surface area (Å²) in [5.74, 6) is -1.51. The first-order chi connectivity index (χ1) is 16.1. The van der Waals surface area contributed by atoms with E-state index in [4.69, 9.17) is 27.9 Å². The topological polar surface area (TPSA) is 131 Å². The number of hydrogen-bond donors (Lipinski definition) is 3. The Morgan fingerprint density at radius 3 is 2.21 bits per heavy atom. The van der Waals surface area contributed by atoms with Crippen LogP contribution in [0.3, 0.4) is 0 Å². The van der Waals surface area contributed by atoms with Crippen molar-refractivity contribution in [2.75, 3.05) is 19.1 Å². The van der Waals surface area contributed by atoms with Gasteiger partial charge in [-0.1, -0.05) is 59.6 Å². The number of amides is 3. The van der Waals surface area contributed by atoms with Crippen molar-refractivity contribution in [1.29, 1.82) is 0 Å². The van der Waals surface area contributed by atoms with Crippen LogP contribution in [0.25, 0.3) is 0 Å². The molecule has 9 nitrogen and oxygen atoms in total. The first kappa shape index (κ1) is 27.9. The van der Waals surface area contributed by atoms with E-state index in [-0.39, 0.29) is 26.9 Å². The molecule has 2 aromatic rings. The standard InChI is InChI=1S/C21H23Cl2N3O6S2/c1-24-21(29)25-19(27)17(13-7-4-3-5-8-13)32-20(28)16(11-12-33-2)26-34(30,31)18-14(22)9-6-10-15(18)23/h3-10,16-17,26H,11-12H2,1-2H3,(H2,24,25,27,29)/t16-,17-/m0/s1. The summed E-state index contributed by atoms with van der Waals surface area (Å²) in [4.78, 5) is 37.0. The fourth-order valence-corrected chi connectivity index (χ4v) is 5.62. The number of nitrogens with one attached hydrogen (secondary N) is 3. The largest absolute Gasteiger partial charge is 0.446 e. The quantitative estimate of drug-likeness (QED) is 0.389. The molecular weight excluding hydrogens is 525 g/mol. The van der Waals surface area contributed by atoms with Crippen LogP contribution in [0.2, 0.25) is 10.0 Å². The SMILES string of the molecule is CNC(=O)NC(=O)[C@@H](OC(=O)[C@H](CCSC)NS(=O)(=O)c1c(Cl)cccc1Cl)c1ccccc1. The first-order valence-electron chi connectivity index (χ1n) is 9.84. The number of benzene rings is 2. The second-order valence-electron chi connectivity index (χ2n) is 6.80. The number of esters is 1. The van der Waals surface area contributed by atoms with Crippen LogP contribution >= 0.6 is 35.0 Å². The molecule has 3 amide bonds. The Balaban J connectivity index is 2.34. The third-order valence-electron chi connectivity index (χ3n) is 4.42. The number of urea groups is 1. The van der Waals surface area contributed by atoms with Crippen molar-refractivity contribution < 1.29 is 27.5 Å². The molecule has 0 aliphatic carbocycles. The molecule has 0 fully saturated rings. The Morgan fingerprint density at radius 1 is 1.03 bits per heavy atom. The van der Waals surface area contributed by atoms with Crippen LogP contribution in [0.4, 0.5) is 4.79 Å². The zero-order valence-corrected chi connectivity index (χ0v) is 21.4. The molecule has 2 atom stereocenters. The van der Waals surface area contributed by atoms with E-state index in [1.807, 2.05) is 0 Å². The van der Waals surface area contributed by atoms with Gasteiger partial charge in [-0.2, -0.15) is 16.5 Å². The second-order valence-corrected chi connectivity index (χ2v) is 10.3. The van der Waals surface area contributed by atoms with Gasteiger partial charge in [0.15, 0.2) is 0 Å². The van der Waals surface area contributed by atoms with E-state index in [1.165, 1.54) is 49.1 Å². The van der Waals surface area contributed by atoms with E-state index < -0.39 is 40.1 Å². The number of ether oxygens (including phenoxy) is 1. The minimum Gasteiger partial charge on any atom is -0.446 e. The Bertz CT molecular complexity index is 1110. The predicted octanol–water partition coefficient (Wildman–Crippen LogP) is 3.13. The smallest absolute Gasteiger partial charge is 0.325 e. The molecule has 0 saturated heterocycles. The lowest BCUT2D eigenvalue weighted by Gasteiger charge is -2.22. The van der Waals surface area contributed by atoms with Crippen molar-refractivity contribution in [3.05, 3.63) is 64.1 Å². The second kappa shape index (κ2) is 13.0. The van der Waals surface area contributed by atoms with Gasteiger partial charge in [0, 0.05) is 12.6 Å². The normalized spacial score (nSPS) is 12.9. The molecule has 184 valence electrons. The third kappa shape index (κ3) is 7.60. The number of carbonyl (C=O) groups excluding carboxylic acids is 3. The summed E-state index contributed by atoms with van der Waals surface area (Å²) in [5.41, 5.74) is 0.290. The Hall–Kier alpha value is -2.31. The molecular formula is C21H23Cl2N3O6S2. The van der Waals surface area contributed by atoms with Gasteiger partial charge in [0.25, 0.3) is 5.91 Å². The average Bonchev–Trinajstić information content (AvgIpc) is 2.80. The van der Waals surface area contributed by atoms with Crippen LogP contribution in [-0.2, 0) is 24.3 Å². The van der Waals surface area contributed by atoms with E-state index in [0.29, 0.717) is 5.75 Å². The molecule has 0 aliphatic rings. The molecule has 0 radical (unpaired) electrons. The van der Waals surface area contributed by atoms with Crippen molar-refractivity contribution in [2.24, 2.45) is 0 Å². The van der Waals surface area contributed by atoms with Gasteiger partial charge in [-0.25, -0.2) is 13.2 Å². The maximum atomic E-state index is 13.1. The summed E-state index contributed by atoms with van der Waals surface area (Å²) < 4.78 is 33.7. The summed E-state index contributed by atoms with van der Waals surface area (Å²) >= 11 is 13.5. The van der Waals surface area contributed by atoms with Crippen molar-refractivity contribution in [1.82, 2.24) is 15.4 Å². The Kier molecular flexibility index (Phi) is 10.6. The van der Waals surface area contributed by atoms with Crippen molar-refractivity contribution in [2.45, 2.75) is 23.5 Å². The van der Waals surface area contributed by atoms with Crippen molar-refractivity contribution in [3.8, 4) is 0 Å². The van der Waals surface area contributed by atoms with E-state index in [1.54, 1.807) is 24.5 Å². The van der Waals surface area contributed by atoms with Crippen LogP contribution in [0.1, 0.15) is 18.1 Å². The fourth-order valence-electron chi connectivity index (χ4n) is 2.79. The number of imide groups is 1. The highest BCUT2D eigenvalue weighted by Crippen LogP contribution is 2.29. The van der Waals surface area contributed by atoms with Gasteiger partial charge in [-0.3, -0.25) is 14.9 Å². The highest BCUT2D eigenvalue weighted by molar-refractivity contribution is 7.98. The van der Waals surface area contributed by atoms with E-state index in [2.05, 4.69) is 15.4 Å². The number of carbonyl (C=O) groups is 3. The molecule has 0 heterocycles. The summed E-state index contributed by atoms with van der Waals surface area (Å²) in [7, 11) is -3.01. The molecule has 13 heteroatoms. The fraction of sp³-hybridized carbons (Fsp3) is 0.286. The maximum absolute atomic E-state index is 13.1. The van der Waals surface area contributed by atoms with Crippen molar-refractivity contribution in [3.63, 3.8) is 0 Å². The molecule has 0 aromatic heterocycles. The van der Waals surface area contributed by atoms with Gasteiger partial charge in [0.1, 0.15) is 10.9 Å². The lowest BCUT2D eigenvalue weighted by molar-refractivity contribution is -0.157. The lowest BCUT2D eigenvalue weighted by atomic mass is 10.1. The predicted molar refractivity (Wildman–Crippen MR) is 131 cm³/mol. The third-order valence-corrected chi connectivity index (χ3v) is 7.49. The maximum Gasteiger partial charge on any atom is 0.325 e. The van der Waals surface area contributed by atoms with Crippen LogP contribution in [-0.4, -0.2) is 51.4 Å².